The van der Waals surface area contributed by atoms with Crippen LogP contribution in [0.4, 0.5) is 0 Å². The quantitative estimate of drug-likeness (QED) is 0.448. The predicted octanol–water partition coefficient (Wildman–Crippen LogP) is 4.46. The van der Waals surface area contributed by atoms with E-state index in [0.717, 1.165) is 11.1 Å². The maximum atomic E-state index is 6.28. The van der Waals surface area contributed by atoms with Crippen LogP contribution in [-0.2, 0) is 0 Å². The molecular weight excluding hydrogens is 394 g/mol. The minimum absolute atomic E-state index is 0.182. The Morgan fingerprint density at radius 2 is 1.74 bits per heavy atom. The summed E-state index contributed by atoms with van der Waals surface area (Å²) in [5, 5.41) is 1.06. The molecule has 0 spiro atoms. The highest BCUT2D eigenvalue weighted by atomic mass is 127. The molecule has 100 valence electrons. The summed E-state index contributed by atoms with van der Waals surface area (Å²) in [5.74, 6) is 5.72. The smallest absolute Gasteiger partial charge is 0.0735 e. The van der Waals surface area contributed by atoms with Crippen LogP contribution in [0, 0.1) is 10.5 Å². The van der Waals surface area contributed by atoms with E-state index in [9.17, 15) is 0 Å². The highest BCUT2D eigenvalue weighted by Gasteiger charge is 2.19. The van der Waals surface area contributed by atoms with E-state index in [0.29, 0.717) is 10.0 Å². The zero-order valence-corrected chi connectivity index (χ0v) is 13.9. The van der Waals surface area contributed by atoms with Gasteiger partial charge in [-0.05, 0) is 52.3 Å². The molecule has 5 heteroatoms. The molecule has 0 radical (unpaired) electrons. The third kappa shape index (κ3) is 3.06. The van der Waals surface area contributed by atoms with Crippen molar-refractivity contribution < 1.29 is 0 Å². The van der Waals surface area contributed by atoms with Gasteiger partial charge in [0.05, 0.1) is 16.1 Å². The fourth-order valence-electron chi connectivity index (χ4n) is 1.98. The summed E-state index contributed by atoms with van der Waals surface area (Å²) in [6.45, 7) is 2.07. The Bertz CT molecular complexity index is 550. The average molecular weight is 407 g/mol. The van der Waals surface area contributed by atoms with Crippen LogP contribution in [-0.4, -0.2) is 0 Å². The molecule has 1 atom stereocenters. The van der Waals surface area contributed by atoms with Crippen LogP contribution in [0.15, 0.2) is 36.4 Å². The molecule has 2 nitrogen and oxygen atoms in total. The van der Waals surface area contributed by atoms with Gasteiger partial charge in [-0.15, -0.1) is 0 Å². The van der Waals surface area contributed by atoms with E-state index in [2.05, 4.69) is 41.0 Å². The maximum Gasteiger partial charge on any atom is 0.0735 e. The molecule has 0 saturated carbocycles. The van der Waals surface area contributed by atoms with Gasteiger partial charge in [-0.1, -0.05) is 53.5 Å². The summed E-state index contributed by atoms with van der Waals surface area (Å²) in [4.78, 5) is 0. The minimum Gasteiger partial charge on any atom is -0.271 e. The number of halogens is 3. The Morgan fingerprint density at radius 1 is 1.11 bits per heavy atom. The van der Waals surface area contributed by atoms with Crippen LogP contribution in [0.25, 0.3) is 0 Å². The SMILES string of the molecule is Cc1cccc(C(NN)c2cccc(Cl)c2Cl)c1I. The fourth-order valence-corrected chi connectivity index (χ4v) is 3.07. The topological polar surface area (TPSA) is 38.0 Å². The van der Waals surface area contributed by atoms with Crippen LogP contribution < -0.4 is 11.3 Å². The lowest BCUT2D eigenvalue weighted by Gasteiger charge is -2.21. The number of nitrogens with one attached hydrogen (secondary N) is 1. The molecule has 0 bridgehead atoms. The first kappa shape index (κ1) is 15.1. The van der Waals surface area contributed by atoms with Crippen molar-refractivity contribution in [2.24, 2.45) is 5.84 Å². The van der Waals surface area contributed by atoms with Crippen LogP contribution in [0.5, 0.6) is 0 Å². The molecule has 0 fully saturated rings. The van der Waals surface area contributed by atoms with E-state index in [-0.39, 0.29) is 6.04 Å². The number of hydrogen-bond acceptors (Lipinski definition) is 2. The lowest BCUT2D eigenvalue weighted by Crippen LogP contribution is -2.29. The molecule has 0 aliphatic rings. The summed E-state index contributed by atoms with van der Waals surface area (Å²) in [5.41, 5.74) is 5.99. The zero-order valence-electron chi connectivity index (χ0n) is 10.3. The van der Waals surface area contributed by atoms with Crippen molar-refractivity contribution in [3.05, 3.63) is 66.7 Å². The predicted molar refractivity (Wildman–Crippen MR) is 89.5 cm³/mol. The van der Waals surface area contributed by atoms with Crippen LogP contribution in [0.2, 0.25) is 10.0 Å². The average Bonchev–Trinajstić information content (AvgIpc) is 2.40. The number of hydrogen-bond donors (Lipinski definition) is 2. The number of benzene rings is 2. The van der Waals surface area contributed by atoms with Gasteiger partial charge in [0.15, 0.2) is 0 Å². The van der Waals surface area contributed by atoms with Crippen molar-refractivity contribution in [1.29, 1.82) is 0 Å². The second-order valence-electron chi connectivity index (χ2n) is 4.22. The van der Waals surface area contributed by atoms with E-state index in [4.69, 9.17) is 29.0 Å². The van der Waals surface area contributed by atoms with Crippen LogP contribution >= 0.6 is 45.8 Å². The monoisotopic (exact) mass is 406 g/mol. The largest absolute Gasteiger partial charge is 0.271 e. The second kappa shape index (κ2) is 6.41. The molecule has 2 aromatic rings. The molecule has 0 aromatic heterocycles. The highest BCUT2D eigenvalue weighted by molar-refractivity contribution is 14.1. The van der Waals surface area contributed by atoms with Gasteiger partial charge in [-0.2, -0.15) is 0 Å². The Morgan fingerprint density at radius 3 is 2.42 bits per heavy atom. The van der Waals surface area contributed by atoms with Crippen molar-refractivity contribution in [2.45, 2.75) is 13.0 Å². The van der Waals surface area contributed by atoms with Gasteiger partial charge in [-0.3, -0.25) is 5.84 Å². The highest BCUT2D eigenvalue weighted by Crippen LogP contribution is 2.34. The molecule has 0 saturated heterocycles. The van der Waals surface area contributed by atoms with Gasteiger partial charge >= 0.3 is 0 Å². The minimum atomic E-state index is -0.182. The first-order valence-corrected chi connectivity index (χ1v) is 7.54. The normalized spacial score (nSPS) is 12.5. The molecule has 2 aromatic carbocycles. The van der Waals surface area contributed by atoms with Gasteiger partial charge in [0.2, 0.25) is 0 Å². The van der Waals surface area contributed by atoms with Crippen molar-refractivity contribution in [3.8, 4) is 0 Å². The second-order valence-corrected chi connectivity index (χ2v) is 6.08. The van der Waals surface area contributed by atoms with Crippen LogP contribution in [0.3, 0.4) is 0 Å². The Kier molecular flexibility index (Phi) is 5.09. The molecule has 0 amide bonds. The first-order valence-electron chi connectivity index (χ1n) is 5.71. The molecule has 3 N–H and O–H groups in total. The van der Waals surface area contributed by atoms with Crippen LogP contribution in [0.1, 0.15) is 22.7 Å². The van der Waals surface area contributed by atoms with Gasteiger partial charge < -0.3 is 0 Å². The Labute approximate surface area is 136 Å². The summed E-state index contributed by atoms with van der Waals surface area (Å²) >= 11 is 14.7. The lowest BCUT2D eigenvalue weighted by atomic mass is 9.98. The third-order valence-corrected chi connectivity index (χ3v) is 5.30. The molecular formula is C14H13Cl2IN2. The molecule has 0 aliphatic carbocycles. The standard InChI is InChI=1S/C14H13Cl2IN2/c1-8-4-2-6-10(13(8)17)14(19-18)9-5-3-7-11(15)12(9)16/h2-7,14,19H,18H2,1H3. The summed E-state index contributed by atoms with van der Waals surface area (Å²) < 4.78 is 1.17. The molecule has 0 aliphatic heterocycles. The van der Waals surface area contributed by atoms with Gasteiger partial charge in [-0.25, -0.2) is 5.43 Å². The summed E-state index contributed by atoms with van der Waals surface area (Å²) in [6.07, 6.45) is 0. The number of aryl methyl sites for hydroxylation is 1. The first-order chi connectivity index (χ1) is 9.06. The maximum absolute atomic E-state index is 6.28. The summed E-state index contributed by atoms with van der Waals surface area (Å²) in [6, 6.07) is 11.5. The zero-order chi connectivity index (χ0) is 14.0. The lowest BCUT2D eigenvalue weighted by molar-refractivity contribution is 0.634. The number of rotatable bonds is 3. The van der Waals surface area contributed by atoms with E-state index in [1.165, 1.54) is 9.13 Å². The number of nitrogens with two attached hydrogens (primary N) is 1. The summed E-state index contributed by atoms with van der Waals surface area (Å²) in [7, 11) is 0. The van der Waals surface area contributed by atoms with E-state index < -0.39 is 0 Å². The third-order valence-electron chi connectivity index (χ3n) is 2.99. The van der Waals surface area contributed by atoms with Gasteiger partial charge in [0.25, 0.3) is 0 Å². The van der Waals surface area contributed by atoms with Crippen molar-refractivity contribution in [2.75, 3.05) is 0 Å². The fraction of sp³-hybridized carbons (Fsp3) is 0.143. The van der Waals surface area contributed by atoms with Crippen molar-refractivity contribution >= 4 is 45.8 Å². The molecule has 1 unspecified atom stereocenters. The molecule has 0 heterocycles. The Balaban J connectivity index is 2.57. The van der Waals surface area contributed by atoms with Crippen molar-refractivity contribution in [1.82, 2.24) is 5.43 Å². The number of hydrazine groups is 1. The van der Waals surface area contributed by atoms with E-state index in [1.807, 2.05) is 24.3 Å². The molecule has 2 rings (SSSR count). The van der Waals surface area contributed by atoms with E-state index >= 15 is 0 Å². The van der Waals surface area contributed by atoms with Gasteiger partial charge in [0, 0.05) is 3.57 Å². The van der Waals surface area contributed by atoms with Crippen molar-refractivity contribution in [3.63, 3.8) is 0 Å². The van der Waals surface area contributed by atoms with E-state index in [1.54, 1.807) is 6.07 Å². The Hall–Kier alpha value is -0.330. The molecule has 19 heavy (non-hydrogen) atoms. The van der Waals surface area contributed by atoms with Gasteiger partial charge in [0.1, 0.15) is 0 Å².